The van der Waals surface area contributed by atoms with Gasteiger partial charge in [-0.2, -0.15) is 0 Å². The lowest BCUT2D eigenvalue weighted by atomic mass is 10.2. The first-order valence-electron chi connectivity index (χ1n) is 5.30. The first-order chi connectivity index (χ1) is 7.75. The summed E-state index contributed by atoms with van der Waals surface area (Å²) in [4.78, 5) is 9.88. The van der Waals surface area contributed by atoms with Crippen LogP contribution >= 0.6 is 11.3 Å². The highest BCUT2D eigenvalue weighted by molar-refractivity contribution is 7.10. The fourth-order valence-electron chi connectivity index (χ4n) is 1.41. The van der Waals surface area contributed by atoms with E-state index in [2.05, 4.69) is 39.7 Å². The molecule has 2 heterocycles. The number of hydrogen-bond donors (Lipinski definition) is 1. The maximum atomic E-state index is 4.31. The minimum Gasteiger partial charge on any atom is -0.304 e. The van der Waals surface area contributed by atoms with E-state index in [1.54, 1.807) is 17.5 Å². The molecule has 0 fully saturated rings. The molecule has 0 bridgehead atoms. The molecule has 84 valence electrons. The number of aromatic nitrogens is 2. The number of nitrogens with zero attached hydrogens (tertiary/aromatic N) is 2. The molecule has 0 aliphatic rings. The molecule has 3 nitrogen and oxygen atoms in total. The molecule has 1 unspecified atom stereocenters. The molecule has 0 saturated carbocycles. The zero-order valence-corrected chi connectivity index (χ0v) is 10.3. The normalized spacial score (nSPS) is 12.6. The summed E-state index contributed by atoms with van der Waals surface area (Å²) in [6.07, 6.45) is 3.62. The standard InChI is InChI=1S/C12H15N3S/c1-9-6-15-11(7-13-9)8-14-10(2)12-4-3-5-16-12/h3-7,10,14H,8H2,1-2H3. The van der Waals surface area contributed by atoms with Crippen LogP contribution in [0.15, 0.2) is 29.9 Å². The molecule has 2 rings (SSSR count). The lowest BCUT2D eigenvalue weighted by molar-refractivity contribution is 0.574. The minimum absolute atomic E-state index is 0.364. The Morgan fingerprint density at radius 1 is 1.38 bits per heavy atom. The number of nitrogens with one attached hydrogen (secondary N) is 1. The predicted molar refractivity (Wildman–Crippen MR) is 66.3 cm³/mol. The van der Waals surface area contributed by atoms with Crippen LogP contribution in [-0.2, 0) is 6.54 Å². The molecule has 0 aromatic carbocycles. The van der Waals surface area contributed by atoms with Crippen molar-refractivity contribution in [2.45, 2.75) is 26.4 Å². The Morgan fingerprint density at radius 3 is 2.88 bits per heavy atom. The molecule has 0 amide bonds. The van der Waals surface area contributed by atoms with Gasteiger partial charge in [0, 0.05) is 29.9 Å². The summed E-state index contributed by atoms with van der Waals surface area (Å²) in [5.41, 5.74) is 1.93. The molecule has 16 heavy (non-hydrogen) atoms. The second-order valence-corrected chi connectivity index (χ2v) is 4.75. The second-order valence-electron chi connectivity index (χ2n) is 3.77. The van der Waals surface area contributed by atoms with Crippen LogP contribution in [0.2, 0.25) is 0 Å². The third kappa shape index (κ3) is 2.87. The molecule has 0 radical (unpaired) electrons. The maximum absolute atomic E-state index is 4.31. The Morgan fingerprint density at radius 2 is 2.25 bits per heavy atom. The average Bonchev–Trinajstić information content (AvgIpc) is 2.81. The van der Waals surface area contributed by atoms with Gasteiger partial charge in [-0.25, -0.2) is 0 Å². The summed E-state index contributed by atoms with van der Waals surface area (Å²) in [7, 11) is 0. The van der Waals surface area contributed by atoms with Crippen LogP contribution in [0.3, 0.4) is 0 Å². The lowest BCUT2D eigenvalue weighted by Crippen LogP contribution is -2.18. The van der Waals surface area contributed by atoms with Gasteiger partial charge in [0.15, 0.2) is 0 Å². The maximum Gasteiger partial charge on any atom is 0.0724 e. The zero-order valence-electron chi connectivity index (χ0n) is 9.47. The Labute approximate surface area is 99.6 Å². The molecule has 2 aromatic rings. The van der Waals surface area contributed by atoms with Crippen molar-refractivity contribution in [2.75, 3.05) is 0 Å². The Bertz CT molecular complexity index is 422. The van der Waals surface area contributed by atoms with Gasteiger partial charge >= 0.3 is 0 Å². The molecular formula is C12H15N3S. The van der Waals surface area contributed by atoms with E-state index >= 15 is 0 Å². The largest absolute Gasteiger partial charge is 0.304 e. The van der Waals surface area contributed by atoms with Gasteiger partial charge in [0.25, 0.3) is 0 Å². The highest BCUT2D eigenvalue weighted by atomic mass is 32.1. The van der Waals surface area contributed by atoms with Crippen LogP contribution in [0.25, 0.3) is 0 Å². The monoisotopic (exact) mass is 233 g/mol. The highest BCUT2D eigenvalue weighted by Crippen LogP contribution is 2.18. The Hall–Kier alpha value is -1.26. The van der Waals surface area contributed by atoms with Crippen molar-refractivity contribution in [3.63, 3.8) is 0 Å². The summed E-state index contributed by atoms with van der Waals surface area (Å²) >= 11 is 1.77. The van der Waals surface area contributed by atoms with Gasteiger partial charge in [-0.15, -0.1) is 11.3 Å². The Balaban J connectivity index is 1.90. The first kappa shape index (κ1) is 11.2. The van der Waals surface area contributed by atoms with Crippen molar-refractivity contribution in [3.8, 4) is 0 Å². The van der Waals surface area contributed by atoms with Crippen LogP contribution in [0.1, 0.15) is 29.2 Å². The van der Waals surface area contributed by atoms with Gasteiger partial charge in [-0.3, -0.25) is 9.97 Å². The van der Waals surface area contributed by atoms with Gasteiger partial charge in [-0.05, 0) is 25.3 Å². The summed E-state index contributed by atoms with van der Waals surface area (Å²) < 4.78 is 0. The zero-order chi connectivity index (χ0) is 11.4. The Kier molecular flexibility index (Phi) is 3.64. The highest BCUT2D eigenvalue weighted by Gasteiger charge is 2.05. The van der Waals surface area contributed by atoms with Gasteiger partial charge in [-0.1, -0.05) is 6.07 Å². The number of thiophene rings is 1. The van der Waals surface area contributed by atoms with E-state index in [4.69, 9.17) is 0 Å². The van der Waals surface area contributed by atoms with Crippen LogP contribution in [0.4, 0.5) is 0 Å². The topological polar surface area (TPSA) is 37.8 Å². The molecule has 0 spiro atoms. The van der Waals surface area contributed by atoms with Gasteiger partial charge in [0.05, 0.1) is 11.4 Å². The van der Waals surface area contributed by atoms with Gasteiger partial charge < -0.3 is 5.32 Å². The second kappa shape index (κ2) is 5.18. The lowest BCUT2D eigenvalue weighted by Gasteiger charge is -2.11. The van der Waals surface area contributed by atoms with E-state index in [0.717, 1.165) is 17.9 Å². The third-order valence-corrected chi connectivity index (χ3v) is 3.45. The fraction of sp³-hybridized carbons (Fsp3) is 0.333. The molecule has 1 atom stereocenters. The smallest absolute Gasteiger partial charge is 0.0724 e. The van der Waals surface area contributed by atoms with Gasteiger partial charge in [0.1, 0.15) is 0 Å². The summed E-state index contributed by atoms with van der Waals surface area (Å²) in [6.45, 7) is 4.86. The molecule has 0 saturated heterocycles. The van der Waals surface area contributed by atoms with Gasteiger partial charge in [0.2, 0.25) is 0 Å². The van der Waals surface area contributed by atoms with Crippen LogP contribution in [-0.4, -0.2) is 9.97 Å². The quantitative estimate of drug-likeness (QED) is 0.882. The predicted octanol–water partition coefficient (Wildman–Crippen LogP) is 2.70. The van der Waals surface area contributed by atoms with Crippen LogP contribution in [0.5, 0.6) is 0 Å². The van der Waals surface area contributed by atoms with Crippen molar-refractivity contribution in [1.82, 2.24) is 15.3 Å². The summed E-state index contributed by atoms with van der Waals surface area (Å²) in [6, 6.07) is 4.58. The first-order valence-corrected chi connectivity index (χ1v) is 6.18. The summed E-state index contributed by atoms with van der Waals surface area (Å²) in [5, 5.41) is 5.53. The van der Waals surface area contributed by atoms with E-state index in [0.29, 0.717) is 6.04 Å². The van der Waals surface area contributed by atoms with Crippen molar-refractivity contribution in [1.29, 1.82) is 0 Å². The SMILES string of the molecule is Cc1cnc(CNC(C)c2cccs2)cn1. The molecular weight excluding hydrogens is 218 g/mol. The van der Waals surface area contributed by atoms with E-state index in [-0.39, 0.29) is 0 Å². The van der Waals surface area contributed by atoms with Crippen LogP contribution in [0, 0.1) is 6.92 Å². The average molecular weight is 233 g/mol. The van der Waals surface area contributed by atoms with Crippen LogP contribution < -0.4 is 5.32 Å². The molecule has 2 aromatic heterocycles. The van der Waals surface area contributed by atoms with E-state index in [1.807, 2.05) is 13.1 Å². The number of hydrogen-bond acceptors (Lipinski definition) is 4. The van der Waals surface area contributed by atoms with Crippen molar-refractivity contribution in [3.05, 3.63) is 46.2 Å². The van der Waals surface area contributed by atoms with Crippen molar-refractivity contribution in [2.24, 2.45) is 0 Å². The molecule has 4 heteroatoms. The van der Waals surface area contributed by atoms with E-state index in [9.17, 15) is 0 Å². The van der Waals surface area contributed by atoms with E-state index in [1.165, 1.54) is 4.88 Å². The van der Waals surface area contributed by atoms with E-state index < -0.39 is 0 Å². The number of rotatable bonds is 4. The molecule has 0 aliphatic heterocycles. The van der Waals surface area contributed by atoms with Crippen molar-refractivity contribution < 1.29 is 0 Å². The van der Waals surface area contributed by atoms with Crippen molar-refractivity contribution >= 4 is 11.3 Å². The fourth-order valence-corrected chi connectivity index (χ4v) is 2.17. The molecule has 1 N–H and O–H groups in total. The number of aryl methyl sites for hydroxylation is 1. The molecule has 0 aliphatic carbocycles. The summed E-state index contributed by atoms with van der Waals surface area (Å²) in [5.74, 6) is 0. The third-order valence-electron chi connectivity index (χ3n) is 2.39. The minimum atomic E-state index is 0.364.